The zero-order valence-corrected chi connectivity index (χ0v) is 10.6. The predicted octanol–water partition coefficient (Wildman–Crippen LogP) is 2.64. The molecular weight excluding hydrogens is 286 g/mol. The van der Waals surface area contributed by atoms with Crippen molar-refractivity contribution in [2.45, 2.75) is 20.0 Å². The highest BCUT2D eigenvalue weighted by Crippen LogP contribution is 2.35. The molecule has 1 aromatic heterocycles. The largest absolute Gasteiger partial charge is 0.574 e. The number of nitrogens with zero attached hydrogens (tertiary/aromatic N) is 1. The first kappa shape index (κ1) is 16.0. The molecule has 0 saturated carbocycles. The second-order valence-corrected chi connectivity index (χ2v) is 3.40. The van der Waals surface area contributed by atoms with E-state index in [1.807, 2.05) is 0 Å². The zero-order valence-electron chi connectivity index (χ0n) is 10.6. The fourth-order valence-corrected chi connectivity index (χ4v) is 1.41. The second-order valence-electron chi connectivity index (χ2n) is 3.40. The van der Waals surface area contributed by atoms with Gasteiger partial charge >= 0.3 is 12.3 Å². The lowest BCUT2D eigenvalue weighted by atomic mass is 10.1. The number of halogens is 4. The Labute approximate surface area is 111 Å². The highest BCUT2D eigenvalue weighted by molar-refractivity contribution is 5.94. The van der Waals surface area contributed by atoms with Crippen LogP contribution in [0.25, 0.3) is 0 Å². The normalized spacial score (nSPS) is 11.1. The zero-order chi connectivity index (χ0) is 15.3. The third-order valence-electron chi connectivity index (χ3n) is 2.12. The molecular formula is C11H11F4NO4. The summed E-state index contributed by atoms with van der Waals surface area (Å²) >= 11 is 0. The van der Waals surface area contributed by atoms with Crippen molar-refractivity contribution in [3.05, 3.63) is 17.3 Å². The molecule has 0 bridgehead atoms. The van der Waals surface area contributed by atoms with Gasteiger partial charge < -0.3 is 14.2 Å². The molecule has 0 unspecified atom stereocenters. The van der Waals surface area contributed by atoms with Gasteiger partial charge in [-0.05, 0) is 6.92 Å². The number of aromatic nitrogens is 1. The first-order valence-electron chi connectivity index (χ1n) is 5.38. The summed E-state index contributed by atoms with van der Waals surface area (Å²) in [7, 11) is 1.00. The van der Waals surface area contributed by atoms with Crippen LogP contribution in [0.1, 0.15) is 22.8 Å². The molecule has 0 radical (unpaired) electrons. The van der Waals surface area contributed by atoms with Crippen LogP contribution in [0.2, 0.25) is 0 Å². The number of esters is 1. The number of alkyl halides is 4. The number of ether oxygens (including phenoxy) is 3. The lowest BCUT2D eigenvalue weighted by Crippen LogP contribution is -2.20. The minimum atomic E-state index is -5.02. The van der Waals surface area contributed by atoms with Crippen LogP contribution in [0, 0.1) is 0 Å². The van der Waals surface area contributed by atoms with Crippen LogP contribution < -0.4 is 9.47 Å². The average molecular weight is 297 g/mol. The minimum Gasteiger partial charge on any atom is -0.491 e. The molecule has 0 aliphatic rings. The molecule has 20 heavy (non-hydrogen) atoms. The van der Waals surface area contributed by atoms with Gasteiger partial charge in [0.25, 0.3) is 5.88 Å². The number of hydrogen-bond acceptors (Lipinski definition) is 5. The Morgan fingerprint density at radius 3 is 2.50 bits per heavy atom. The van der Waals surface area contributed by atoms with Crippen LogP contribution in [0.3, 0.4) is 0 Å². The topological polar surface area (TPSA) is 57.7 Å². The van der Waals surface area contributed by atoms with Crippen molar-refractivity contribution in [3.8, 4) is 11.6 Å². The standard InChI is InChI=1S/C11H11F4NO4/c1-3-19-10(17)7-6(4-12)5-16-9(8(7)18-2)20-11(13,14)15/h5H,3-4H2,1-2H3. The van der Waals surface area contributed by atoms with E-state index >= 15 is 0 Å². The van der Waals surface area contributed by atoms with E-state index in [2.05, 4.69) is 19.2 Å². The monoisotopic (exact) mass is 297 g/mol. The predicted molar refractivity (Wildman–Crippen MR) is 58.2 cm³/mol. The van der Waals surface area contributed by atoms with E-state index in [4.69, 9.17) is 0 Å². The van der Waals surface area contributed by atoms with E-state index in [9.17, 15) is 22.4 Å². The molecule has 1 aromatic rings. The molecule has 112 valence electrons. The quantitative estimate of drug-likeness (QED) is 0.617. The Hall–Kier alpha value is -2.06. The molecule has 0 atom stereocenters. The molecule has 0 saturated heterocycles. The lowest BCUT2D eigenvalue weighted by molar-refractivity contribution is -0.276. The van der Waals surface area contributed by atoms with Gasteiger partial charge in [0.2, 0.25) is 0 Å². The van der Waals surface area contributed by atoms with Gasteiger partial charge in [0, 0.05) is 11.8 Å². The molecule has 5 nitrogen and oxygen atoms in total. The van der Waals surface area contributed by atoms with Crippen LogP contribution in [-0.4, -0.2) is 31.0 Å². The van der Waals surface area contributed by atoms with Crippen molar-refractivity contribution in [1.29, 1.82) is 0 Å². The number of hydrogen-bond donors (Lipinski definition) is 0. The molecule has 1 heterocycles. The number of pyridine rings is 1. The highest BCUT2D eigenvalue weighted by atomic mass is 19.4. The Kier molecular flexibility index (Phi) is 5.12. The van der Waals surface area contributed by atoms with Crippen LogP contribution >= 0.6 is 0 Å². The van der Waals surface area contributed by atoms with Gasteiger partial charge in [-0.15, -0.1) is 13.2 Å². The van der Waals surface area contributed by atoms with Crippen molar-refractivity contribution in [2.75, 3.05) is 13.7 Å². The van der Waals surface area contributed by atoms with E-state index in [0.717, 1.165) is 13.3 Å². The van der Waals surface area contributed by atoms with Gasteiger partial charge in [-0.2, -0.15) is 0 Å². The number of carbonyl (C=O) groups excluding carboxylic acids is 1. The van der Waals surface area contributed by atoms with Gasteiger partial charge in [-0.25, -0.2) is 14.2 Å². The number of carbonyl (C=O) groups is 1. The summed E-state index contributed by atoms with van der Waals surface area (Å²) in [5.41, 5.74) is -0.735. The van der Waals surface area contributed by atoms with E-state index in [0.29, 0.717) is 0 Å². The summed E-state index contributed by atoms with van der Waals surface area (Å²) in [6.07, 6.45) is -4.26. The molecule has 0 aliphatic heterocycles. The summed E-state index contributed by atoms with van der Waals surface area (Å²) in [5.74, 6) is -2.64. The Bertz CT molecular complexity index is 490. The summed E-state index contributed by atoms with van der Waals surface area (Å²) in [4.78, 5) is 15.0. The van der Waals surface area contributed by atoms with Gasteiger partial charge in [0.15, 0.2) is 5.75 Å². The number of rotatable bonds is 5. The fraction of sp³-hybridized carbons (Fsp3) is 0.455. The van der Waals surface area contributed by atoms with Crippen molar-refractivity contribution in [2.24, 2.45) is 0 Å². The van der Waals surface area contributed by atoms with Crippen molar-refractivity contribution >= 4 is 5.97 Å². The van der Waals surface area contributed by atoms with E-state index in [-0.39, 0.29) is 12.2 Å². The van der Waals surface area contributed by atoms with E-state index in [1.165, 1.54) is 6.92 Å². The van der Waals surface area contributed by atoms with Crippen molar-refractivity contribution in [3.63, 3.8) is 0 Å². The Morgan fingerprint density at radius 1 is 1.40 bits per heavy atom. The van der Waals surface area contributed by atoms with Crippen LogP contribution in [0.5, 0.6) is 11.6 Å². The van der Waals surface area contributed by atoms with Gasteiger partial charge in [-0.1, -0.05) is 0 Å². The molecule has 1 rings (SSSR count). The fourth-order valence-electron chi connectivity index (χ4n) is 1.41. The summed E-state index contributed by atoms with van der Waals surface area (Å²) < 4.78 is 62.4. The Morgan fingerprint density at radius 2 is 2.05 bits per heavy atom. The summed E-state index contributed by atoms with van der Waals surface area (Å²) in [5, 5.41) is 0. The summed E-state index contributed by atoms with van der Waals surface area (Å²) in [6.45, 7) is 0.336. The first-order valence-corrected chi connectivity index (χ1v) is 5.38. The third-order valence-corrected chi connectivity index (χ3v) is 2.12. The van der Waals surface area contributed by atoms with Crippen LogP contribution in [0.4, 0.5) is 17.6 Å². The number of methoxy groups -OCH3 is 1. The molecule has 9 heteroatoms. The maximum atomic E-state index is 12.8. The molecule has 0 spiro atoms. The van der Waals surface area contributed by atoms with E-state index < -0.39 is 36.2 Å². The van der Waals surface area contributed by atoms with Crippen molar-refractivity contribution in [1.82, 2.24) is 4.98 Å². The van der Waals surface area contributed by atoms with Crippen LogP contribution in [0.15, 0.2) is 6.20 Å². The highest BCUT2D eigenvalue weighted by Gasteiger charge is 2.35. The maximum absolute atomic E-state index is 12.8. The van der Waals surface area contributed by atoms with Crippen molar-refractivity contribution < 1.29 is 36.6 Å². The SMILES string of the molecule is CCOC(=O)c1c(CF)cnc(OC(F)(F)F)c1OC. The second kappa shape index (κ2) is 6.40. The third kappa shape index (κ3) is 3.72. The molecule has 0 amide bonds. The van der Waals surface area contributed by atoms with Crippen LogP contribution in [-0.2, 0) is 11.4 Å². The maximum Gasteiger partial charge on any atom is 0.574 e. The van der Waals surface area contributed by atoms with Gasteiger partial charge in [0.1, 0.15) is 12.2 Å². The van der Waals surface area contributed by atoms with Gasteiger partial charge in [0.05, 0.1) is 13.7 Å². The van der Waals surface area contributed by atoms with Gasteiger partial charge in [-0.3, -0.25) is 0 Å². The molecule has 0 aliphatic carbocycles. The summed E-state index contributed by atoms with van der Waals surface area (Å²) in [6, 6.07) is 0. The molecule has 0 aromatic carbocycles. The lowest BCUT2D eigenvalue weighted by Gasteiger charge is -2.15. The first-order chi connectivity index (χ1) is 9.34. The minimum absolute atomic E-state index is 0.0362. The Balaban J connectivity index is 3.36. The molecule has 0 fully saturated rings. The smallest absolute Gasteiger partial charge is 0.491 e. The molecule has 0 N–H and O–H groups in total. The van der Waals surface area contributed by atoms with E-state index in [1.54, 1.807) is 0 Å². The average Bonchev–Trinajstić information content (AvgIpc) is 2.36.